The summed E-state index contributed by atoms with van der Waals surface area (Å²) in [5.74, 6) is 0.986. The molecule has 1 atom stereocenters. The zero-order chi connectivity index (χ0) is 16.4. The van der Waals surface area contributed by atoms with Gasteiger partial charge in [0.2, 0.25) is 10.0 Å². The van der Waals surface area contributed by atoms with Crippen LogP contribution in [0.5, 0.6) is 0 Å². The van der Waals surface area contributed by atoms with Gasteiger partial charge in [-0.05, 0) is 32.1 Å². The van der Waals surface area contributed by atoms with Crippen molar-refractivity contribution in [1.82, 2.24) is 24.2 Å². The highest BCUT2D eigenvalue weighted by atomic mass is 32.2. The molecule has 0 spiro atoms. The molecule has 1 saturated heterocycles. The number of piperidine rings is 1. The molecule has 23 heavy (non-hydrogen) atoms. The van der Waals surface area contributed by atoms with E-state index in [0.717, 1.165) is 30.7 Å². The Hall–Kier alpha value is -1.80. The lowest BCUT2D eigenvalue weighted by Crippen LogP contribution is -2.39. The van der Waals surface area contributed by atoms with E-state index in [4.69, 9.17) is 0 Å². The van der Waals surface area contributed by atoms with Crippen molar-refractivity contribution in [3.8, 4) is 11.5 Å². The molecule has 1 aliphatic heterocycles. The largest absolute Gasteiger partial charge is 0.341 e. The first-order valence-corrected chi connectivity index (χ1v) is 9.54. The van der Waals surface area contributed by atoms with Crippen LogP contribution in [0.25, 0.3) is 11.5 Å². The molecule has 1 N–H and O–H groups in total. The fraction of sp³-hybridized carbons (Fsp3) is 0.533. The van der Waals surface area contributed by atoms with Crippen LogP contribution in [0.4, 0.5) is 0 Å². The molecule has 2 aromatic heterocycles. The summed E-state index contributed by atoms with van der Waals surface area (Å²) in [4.78, 5) is 16.3. The topological polar surface area (TPSA) is 91.8 Å². The van der Waals surface area contributed by atoms with Crippen molar-refractivity contribution in [1.29, 1.82) is 0 Å². The second-order valence-corrected chi connectivity index (χ2v) is 8.13. The number of hydrogen-bond acceptors (Lipinski definition) is 5. The number of sulfonamides is 1. The smallest absolute Gasteiger partial charge is 0.211 e. The van der Waals surface area contributed by atoms with E-state index in [1.807, 2.05) is 6.92 Å². The maximum absolute atomic E-state index is 11.7. The minimum Gasteiger partial charge on any atom is -0.341 e. The van der Waals surface area contributed by atoms with Crippen LogP contribution in [0.2, 0.25) is 0 Å². The third-order valence-electron chi connectivity index (χ3n) is 4.08. The first-order chi connectivity index (χ1) is 10.9. The maximum Gasteiger partial charge on any atom is 0.211 e. The van der Waals surface area contributed by atoms with Gasteiger partial charge >= 0.3 is 0 Å². The highest BCUT2D eigenvalue weighted by Crippen LogP contribution is 2.22. The zero-order valence-corrected chi connectivity index (χ0v) is 14.2. The van der Waals surface area contributed by atoms with Gasteiger partial charge in [0.15, 0.2) is 5.82 Å². The van der Waals surface area contributed by atoms with Gasteiger partial charge in [0.25, 0.3) is 0 Å². The molecular weight excluding hydrogens is 314 g/mol. The Labute approximate surface area is 136 Å². The average Bonchev–Trinajstić information content (AvgIpc) is 2.94. The number of aromatic amines is 1. The molecule has 1 fully saturated rings. The van der Waals surface area contributed by atoms with E-state index in [1.165, 1.54) is 6.26 Å². The molecule has 8 heteroatoms. The summed E-state index contributed by atoms with van der Waals surface area (Å²) < 4.78 is 25.0. The van der Waals surface area contributed by atoms with E-state index < -0.39 is 10.0 Å². The summed E-state index contributed by atoms with van der Waals surface area (Å²) in [5.41, 5.74) is 2.56. The van der Waals surface area contributed by atoms with E-state index in [9.17, 15) is 8.42 Å². The predicted molar refractivity (Wildman–Crippen MR) is 87.2 cm³/mol. The fourth-order valence-corrected chi connectivity index (χ4v) is 3.89. The highest BCUT2D eigenvalue weighted by Gasteiger charge is 2.26. The third-order valence-corrected chi connectivity index (χ3v) is 5.35. The Balaban J connectivity index is 1.73. The molecule has 0 amide bonds. The van der Waals surface area contributed by atoms with Crippen LogP contribution in [0.15, 0.2) is 18.6 Å². The van der Waals surface area contributed by atoms with Gasteiger partial charge < -0.3 is 4.98 Å². The Bertz CT molecular complexity index is 787. The third kappa shape index (κ3) is 3.94. The van der Waals surface area contributed by atoms with Crippen LogP contribution in [0, 0.1) is 12.8 Å². The molecule has 1 unspecified atom stereocenters. The predicted octanol–water partition coefficient (Wildman–Crippen LogP) is 1.39. The van der Waals surface area contributed by atoms with E-state index >= 15 is 0 Å². The van der Waals surface area contributed by atoms with Crippen LogP contribution in [-0.2, 0) is 16.4 Å². The second kappa shape index (κ2) is 6.37. The summed E-state index contributed by atoms with van der Waals surface area (Å²) in [6.07, 6.45) is 9.10. The molecule has 0 bridgehead atoms. The van der Waals surface area contributed by atoms with E-state index in [0.29, 0.717) is 24.6 Å². The van der Waals surface area contributed by atoms with Crippen molar-refractivity contribution in [2.45, 2.75) is 26.2 Å². The number of nitrogens with zero attached hydrogens (tertiary/aromatic N) is 4. The molecule has 3 heterocycles. The normalized spacial score (nSPS) is 19.8. The van der Waals surface area contributed by atoms with E-state index in [1.54, 1.807) is 22.9 Å². The van der Waals surface area contributed by atoms with Crippen LogP contribution >= 0.6 is 0 Å². The lowest BCUT2D eigenvalue weighted by atomic mass is 9.95. The summed E-state index contributed by atoms with van der Waals surface area (Å²) in [6.45, 7) is 3.12. The van der Waals surface area contributed by atoms with Gasteiger partial charge in [-0.3, -0.25) is 4.98 Å². The van der Waals surface area contributed by atoms with Crippen LogP contribution in [0.3, 0.4) is 0 Å². The van der Waals surface area contributed by atoms with Gasteiger partial charge in [-0.15, -0.1) is 0 Å². The number of nitrogens with one attached hydrogen (secondary N) is 1. The highest BCUT2D eigenvalue weighted by molar-refractivity contribution is 7.88. The Morgan fingerprint density at radius 1 is 1.35 bits per heavy atom. The summed E-state index contributed by atoms with van der Waals surface area (Å²) in [5, 5.41) is 0. The van der Waals surface area contributed by atoms with E-state index in [-0.39, 0.29) is 5.92 Å². The first kappa shape index (κ1) is 16.1. The average molecular weight is 335 g/mol. The van der Waals surface area contributed by atoms with Crippen LogP contribution in [-0.4, -0.2) is 52.0 Å². The quantitative estimate of drug-likeness (QED) is 0.911. The summed E-state index contributed by atoms with van der Waals surface area (Å²) in [6, 6.07) is 0. The van der Waals surface area contributed by atoms with Crippen molar-refractivity contribution in [3.63, 3.8) is 0 Å². The molecule has 124 valence electrons. The van der Waals surface area contributed by atoms with Gasteiger partial charge in [-0.25, -0.2) is 22.7 Å². The molecule has 7 nitrogen and oxygen atoms in total. The summed E-state index contributed by atoms with van der Waals surface area (Å²) >= 11 is 0. The molecule has 3 rings (SSSR count). The Morgan fingerprint density at radius 2 is 2.17 bits per heavy atom. The van der Waals surface area contributed by atoms with Crippen LogP contribution in [0.1, 0.15) is 24.2 Å². The minimum atomic E-state index is -3.12. The van der Waals surface area contributed by atoms with Gasteiger partial charge in [-0.1, -0.05) is 0 Å². The molecule has 0 saturated carbocycles. The SMILES string of the molecule is Cc1cnc(-c2cncc(CC3CCCN(S(C)(=O)=O)C3)n2)[nH]1. The number of imidazole rings is 1. The van der Waals surface area contributed by atoms with Crippen molar-refractivity contribution < 1.29 is 8.42 Å². The first-order valence-electron chi connectivity index (χ1n) is 7.70. The molecular formula is C15H21N5O2S. The Morgan fingerprint density at radius 3 is 2.87 bits per heavy atom. The van der Waals surface area contributed by atoms with Crippen molar-refractivity contribution in [3.05, 3.63) is 30.0 Å². The number of rotatable bonds is 4. The van der Waals surface area contributed by atoms with Crippen molar-refractivity contribution >= 4 is 10.0 Å². The molecule has 0 radical (unpaired) electrons. The Kier molecular flexibility index (Phi) is 4.45. The summed E-state index contributed by atoms with van der Waals surface area (Å²) in [7, 11) is -3.12. The number of H-pyrrole nitrogens is 1. The zero-order valence-electron chi connectivity index (χ0n) is 13.4. The number of aryl methyl sites for hydroxylation is 1. The molecule has 1 aliphatic rings. The second-order valence-electron chi connectivity index (χ2n) is 6.14. The minimum absolute atomic E-state index is 0.279. The van der Waals surface area contributed by atoms with Gasteiger partial charge in [0.1, 0.15) is 5.69 Å². The molecule has 0 aromatic carbocycles. The number of aromatic nitrogens is 4. The monoisotopic (exact) mass is 335 g/mol. The standard InChI is InChI=1S/C15H21N5O2S/c1-11-7-17-15(18-11)14-9-16-8-13(19-14)6-12-4-3-5-20(10-12)23(2,21)22/h7-9,12H,3-6,10H2,1-2H3,(H,17,18). The lowest BCUT2D eigenvalue weighted by molar-refractivity contribution is 0.265. The van der Waals surface area contributed by atoms with E-state index in [2.05, 4.69) is 19.9 Å². The van der Waals surface area contributed by atoms with Gasteiger partial charge in [0.05, 0.1) is 18.1 Å². The number of hydrogen-bond donors (Lipinski definition) is 1. The molecule has 0 aliphatic carbocycles. The fourth-order valence-electron chi connectivity index (χ4n) is 2.95. The maximum atomic E-state index is 11.7. The molecule has 2 aromatic rings. The lowest BCUT2D eigenvalue weighted by Gasteiger charge is -2.30. The van der Waals surface area contributed by atoms with Gasteiger partial charge in [0, 0.05) is 31.2 Å². The van der Waals surface area contributed by atoms with Crippen molar-refractivity contribution in [2.75, 3.05) is 19.3 Å². The van der Waals surface area contributed by atoms with Crippen LogP contribution < -0.4 is 0 Å². The van der Waals surface area contributed by atoms with Gasteiger partial charge in [-0.2, -0.15) is 0 Å². The van der Waals surface area contributed by atoms with Crippen molar-refractivity contribution in [2.24, 2.45) is 5.92 Å².